The molecule has 5 nitrogen and oxygen atoms in total. The van der Waals surface area contributed by atoms with Gasteiger partial charge in [-0.05, 0) is 38.0 Å². The zero-order valence-corrected chi connectivity index (χ0v) is 15.2. The second kappa shape index (κ2) is 11.2. The number of carboxylic acids is 1. The fourth-order valence-corrected chi connectivity index (χ4v) is 3.18. The van der Waals surface area contributed by atoms with E-state index in [4.69, 9.17) is 5.11 Å². The van der Waals surface area contributed by atoms with Crippen molar-refractivity contribution in [2.45, 2.75) is 76.9 Å². The Kier molecular flexibility index (Phi) is 9.68. The summed E-state index contributed by atoms with van der Waals surface area (Å²) in [6, 6.07) is 0. The molecule has 0 aromatic carbocycles. The molecule has 1 aliphatic carbocycles. The lowest BCUT2D eigenvalue weighted by Crippen LogP contribution is -2.37. The molecule has 5 heteroatoms. The van der Waals surface area contributed by atoms with Gasteiger partial charge < -0.3 is 15.3 Å². The van der Waals surface area contributed by atoms with E-state index in [2.05, 4.69) is 19.1 Å². The van der Waals surface area contributed by atoms with E-state index < -0.39 is 11.8 Å². The van der Waals surface area contributed by atoms with Crippen LogP contribution in [0.1, 0.15) is 71.1 Å². The number of allylic oxidation sites excluding steroid dienone is 4. The van der Waals surface area contributed by atoms with E-state index in [1.165, 1.54) is 25.7 Å². The molecule has 0 heterocycles. The maximum atomic E-state index is 12.0. The SMILES string of the molecule is CCCCCC/C=C/[C@H]1CCC(=O)[C@@H]1C/C=C/CCC(O)(O)C(=O)O. The first kappa shape index (κ1) is 21.6. The van der Waals surface area contributed by atoms with Crippen LogP contribution in [-0.2, 0) is 9.59 Å². The average Bonchev–Trinajstić information content (AvgIpc) is 2.90. The zero-order chi connectivity index (χ0) is 18.7. The normalized spacial score (nSPS) is 21.6. The Morgan fingerprint density at radius 3 is 2.60 bits per heavy atom. The Labute approximate surface area is 150 Å². The smallest absolute Gasteiger partial charge is 0.364 e. The van der Waals surface area contributed by atoms with Gasteiger partial charge in [-0.25, -0.2) is 4.79 Å². The summed E-state index contributed by atoms with van der Waals surface area (Å²) in [6.07, 6.45) is 16.1. The molecular weight excluding hydrogens is 320 g/mol. The lowest BCUT2D eigenvalue weighted by atomic mass is 9.91. The Morgan fingerprint density at radius 2 is 1.92 bits per heavy atom. The average molecular weight is 352 g/mol. The maximum absolute atomic E-state index is 12.0. The highest BCUT2D eigenvalue weighted by atomic mass is 16.5. The van der Waals surface area contributed by atoms with Crippen LogP contribution in [0.25, 0.3) is 0 Å². The summed E-state index contributed by atoms with van der Waals surface area (Å²) in [5, 5.41) is 27.1. The molecule has 142 valence electrons. The zero-order valence-electron chi connectivity index (χ0n) is 15.2. The molecule has 25 heavy (non-hydrogen) atoms. The van der Waals surface area contributed by atoms with Gasteiger partial charge in [-0.3, -0.25) is 4.79 Å². The molecule has 1 fully saturated rings. The van der Waals surface area contributed by atoms with Crippen molar-refractivity contribution in [1.29, 1.82) is 0 Å². The lowest BCUT2D eigenvalue weighted by Gasteiger charge is -2.15. The maximum Gasteiger partial charge on any atom is 0.364 e. The second-order valence-electron chi connectivity index (χ2n) is 6.92. The number of aliphatic hydroxyl groups is 2. The number of hydrogen-bond acceptors (Lipinski definition) is 4. The number of ketones is 1. The standard InChI is InChI=1S/C20H32O5/c1-2-3-4-5-6-8-11-16-13-14-18(21)17(16)12-9-7-10-15-20(24,25)19(22)23/h7-9,11,16-17,24-25H,2-6,10,12-15H2,1H3,(H,22,23)/b9-7+,11-8+/t16-,17+/m0/s1. The van der Waals surface area contributed by atoms with Crippen LogP contribution in [-0.4, -0.2) is 32.9 Å². The van der Waals surface area contributed by atoms with E-state index in [1.54, 1.807) is 6.08 Å². The highest BCUT2D eigenvalue weighted by Crippen LogP contribution is 2.33. The van der Waals surface area contributed by atoms with Crippen molar-refractivity contribution < 1.29 is 24.9 Å². The first-order valence-electron chi connectivity index (χ1n) is 9.41. The van der Waals surface area contributed by atoms with E-state index in [9.17, 15) is 19.8 Å². The number of aliphatic carboxylic acids is 1. The monoisotopic (exact) mass is 352 g/mol. The van der Waals surface area contributed by atoms with Crippen molar-refractivity contribution in [2.75, 3.05) is 0 Å². The van der Waals surface area contributed by atoms with Gasteiger partial charge in [0.1, 0.15) is 5.78 Å². The fourth-order valence-electron chi connectivity index (χ4n) is 3.18. The molecule has 0 aromatic heterocycles. The summed E-state index contributed by atoms with van der Waals surface area (Å²) >= 11 is 0. The first-order valence-corrected chi connectivity index (χ1v) is 9.41. The van der Waals surface area contributed by atoms with E-state index in [-0.39, 0.29) is 30.5 Å². The Balaban J connectivity index is 2.36. The van der Waals surface area contributed by atoms with Gasteiger partial charge in [0.2, 0.25) is 0 Å². The molecule has 2 atom stereocenters. The molecule has 3 N–H and O–H groups in total. The molecule has 0 spiro atoms. The second-order valence-corrected chi connectivity index (χ2v) is 6.92. The van der Waals surface area contributed by atoms with Crippen LogP contribution < -0.4 is 0 Å². The van der Waals surface area contributed by atoms with E-state index in [0.29, 0.717) is 12.8 Å². The first-order chi connectivity index (χ1) is 11.9. The van der Waals surface area contributed by atoms with Gasteiger partial charge in [-0.1, -0.05) is 50.5 Å². The molecule has 0 amide bonds. The number of rotatable bonds is 12. The van der Waals surface area contributed by atoms with Crippen LogP contribution in [0.15, 0.2) is 24.3 Å². The van der Waals surface area contributed by atoms with Crippen molar-refractivity contribution in [3.63, 3.8) is 0 Å². The summed E-state index contributed by atoms with van der Waals surface area (Å²) in [7, 11) is 0. The Hall–Kier alpha value is -1.46. The minimum Gasteiger partial charge on any atom is -0.477 e. The molecule has 0 aromatic rings. The van der Waals surface area contributed by atoms with E-state index >= 15 is 0 Å². The van der Waals surface area contributed by atoms with Gasteiger partial charge >= 0.3 is 5.97 Å². The molecule has 0 bridgehead atoms. The number of carbonyl (C=O) groups is 2. The molecule has 0 radical (unpaired) electrons. The number of Topliss-reactive ketones (excluding diaryl/α,β-unsaturated/α-hetero) is 1. The van der Waals surface area contributed by atoms with Gasteiger partial charge in [0.25, 0.3) is 5.79 Å². The number of hydrogen-bond donors (Lipinski definition) is 3. The summed E-state index contributed by atoms with van der Waals surface area (Å²) in [6.45, 7) is 2.20. The quantitative estimate of drug-likeness (QED) is 0.283. The number of carbonyl (C=O) groups excluding carboxylic acids is 1. The van der Waals surface area contributed by atoms with Crippen molar-refractivity contribution in [3.05, 3.63) is 24.3 Å². The van der Waals surface area contributed by atoms with E-state index in [1.807, 2.05) is 6.08 Å². The summed E-state index contributed by atoms with van der Waals surface area (Å²) in [5.74, 6) is -3.76. The van der Waals surface area contributed by atoms with Gasteiger partial charge in [0.15, 0.2) is 0 Å². The van der Waals surface area contributed by atoms with Crippen LogP contribution >= 0.6 is 0 Å². The molecule has 1 saturated carbocycles. The van der Waals surface area contributed by atoms with Crippen molar-refractivity contribution in [3.8, 4) is 0 Å². The summed E-state index contributed by atoms with van der Waals surface area (Å²) in [5.41, 5.74) is 0. The third-order valence-electron chi connectivity index (χ3n) is 4.82. The van der Waals surface area contributed by atoms with Gasteiger partial charge in [0, 0.05) is 18.8 Å². The van der Waals surface area contributed by atoms with Gasteiger partial charge in [-0.2, -0.15) is 0 Å². The van der Waals surface area contributed by atoms with Crippen LogP contribution in [0.5, 0.6) is 0 Å². The largest absolute Gasteiger partial charge is 0.477 e. The summed E-state index contributed by atoms with van der Waals surface area (Å²) in [4.78, 5) is 22.6. The lowest BCUT2D eigenvalue weighted by molar-refractivity contribution is -0.205. The van der Waals surface area contributed by atoms with Crippen molar-refractivity contribution in [2.24, 2.45) is 11.8 Å². The summed E-state index contributed by atoms with van der Waals surface area (Å²) < 4.78 is 0. The topological polar surface area (TPSA) is 94.8 Å². The molecule has 1 rings (SSSR count). The Morgan fingerprint density at radius 1 is 1.16 bits per heavy atom. The van der Waals surface area contributed by atoms with Crippen LogP contribution in [0, 0.1) is 11.8 Å². The van der Waals surface area contributed by atoms with Crippen molar-refractivity contribution in [1.82, 2.24) is 0 Å². The van der Waals surface area contributed by atoms with Crippen molar-refractivity contribution >= 4 is 11.8 Å². The molecule has 1 aliphatic rings. The molecular formula is C20H32O5. The van der Waals surface area contributed by atoms with Crippen LogP contribution in [0.4, 0.5) is 0 Å². The molecule has 0 unspecified atom stereocenters. The minimum atomic E-state index is -2.68. The third kappa shape index (κ3) is 7.97. The predicted molar refractivity (Wildman–Crippen MR) is 96.9 cm³/mol. The molecule has 0 aliphatic heterocycles. The van der Waals surface area contributed by atoms with E-state index in [0.717, 1.165) is 12.8 Å². The van der Waals surface area contributed by atoms with Crippen LogP contribution in [0.3, 0.4) is 0 Å². The van der Waals surface area contributed by atoms with Crippen LogP contribution in [0.2, 0.25) is 0 Å². The Bertz CT molecular complexity index is 478. The highest BCUT2D eigenvalue weighted by molar-refractivity contribution is 5.83. The number of unbranched alkanes of at least 4 members (excludes halogenated alkanes) is 4. The fraction of sp³-hybridized carbons (Fsp3) is 0.700. The highest BCUT2D eigenvalue weighted by Gasteiger charge is 2.32. The predicted octanol–water partition coefficient (Wildman–Crippen LogP) is 3.60. The van der Waals surface area contributed by atoms with Gasteiger partial charge in [0.05, 0.1) is 0 Å². The molecule has 0 saturated heterocycles. The minimum absolute atomic E-state index is 0.00405. The number of carboxylic acid groups (broad SMARTS) is 1. The van der Waals surface area contributed by atoms with Gasteiger partial charge in [-0.15, -0.1) is 0 Å². The third-order valence-corrected chi connectivity index (χ3v) is 4.82.